The van der Waals surface area contributed by atoms with E-state index in [0.717, 1.165) is 36.7 Å². The molecule has 0 aromatic heterocycles. The van der Waals surface area contributed by atoms with Crippen LogP contribution in [0.25, 0.3) is 0 Å². The van der Waals surface area contributed by atoms with Crippen molar-refractivity contribution < 1.29 is 14.4 Å². The van der Waals surface area contributed by atoms with E-state index in [4.69, 9.17) is 0 Å². The number of benzene rings is 2. The van der Waals surface area contributed by atoms with Crippen LogP contribution < -0.4 is 5.32 Å². The van der Waals surface area contributed by atoms with E-state index < -0.39 is 0 Å². The SMILES string of the molecule is Cc1ccccc1C1CCCN1C(=O)Nc1ccc(CN2C(=O)CSC2=O)cc1. The van der Waals surface area contributed by atoms with Gasteiger partial charge in [-0.3, -0.25) is 14.5 Å². The summed E-state index contributed by atoms with van der Waals surface area (Å²) in [6, 6.07) is 15.5. The minimum atomic E-state index is -0.205. The lowest BCUT2D eigenvalue weighted by atomic mass is 9.99. The third kappa shape index (κ3) is 4.15. The number of anilines is 1. The van der Waals surface area contributed by atoms with Gasteiger partial charge < -0.3 is 10.2 Å². The van der Waals surface area contributed by atoms with Gasteiger partial charge in [0, 0.05) is 12.2 Å². The molecule has 2 aliphatic heterocycles. The molecule has 1 atom stereocenters. The minimum absolute atomic E-state index is 0.0974. The third-order valence-electron chi connectivity index (χ3n) is 5.45. The zero-order valence-electron chi connectivity index (χ0n) is 16.3. The zero-order valence-corrected chi connectivity index (χ0v) is 17.1. The Kier molecular flexibility index (Phi) is 5.58. The van der Waals surface area contributed by atoms with E-state index in [2.05, 4.69) is 24.4 Å². The van der Waals surface area contributed by atoms with Crippen molar-refractivity contribution >= 4 is 34.6 Å². The molecular formula is C22H23N3O3S. The predicted octanol–water partition coefficient (Wildman–Crippen LogP) is 4.56. The van der Waals surface area contributed by atoms with Crippen LogP contribution in [0.15, 0.2) is 48.5 Å². The lowest BCUT2D eigenvalue weighted by Crippen LogP contribution is -2.34. The molecule has 0 saturated carbocycles. The summed E-state index contributed by atoms with van der Waals surface area (Å²) in [5.41, 5.74) is 3.95. The fourth-order valence-electron chi connectivity index (χ4n) is 3.90. The highest BCUT2D eigenvalue weighted by molar-refractivity contribution is 8.14. The molecule has 0 aliphatic carbocycles. The summed E-state index contributed by atoms with van der Waals surface area (Å²) in [6.45, 7) is 3.08. The summed E-state index contributed by atoms with van der Waals surface area (Å²) in [4.78, 5) is 39.5. The standard InChI is InChI=1S/C22H23N3O3S/c1-15-5-2-3-6-18(15)19-7-4-12-24(19)21(27)23-17-10-8-16(9-11-17)13-25-20(26)14-29-22(25)28/h2-3,5-6,8-11,19H,4,7,12-14H2,1H3,(H,23,27). The lowest BCUT2D eigenvalue weighted by Gasteiger charge is -2.26. The number of thioether (sulfide) groups is 1. The maximum atomic E-state index is 12.9. The molecule has 2 aromatic rings. The molecule has 0 radical (unpaired) electrons. The number of aryl methyl sites for hydroxylation is 1. The van der Waals surface area contributed by atoms with E-state index in [-0.39, 0.29) is 35.5 Å². The van der Waals surface area contributed by atoms with Crippen LogP contribution in [0, 0.1) is 6.92 Å². The van der Waals surface area contributed by atoms with Gasteiger partial charge in [0.1, 0.15) is 0 Å². The van der Waals surface area contributed by atoms with Crippen LogP contribution in [0.2, 0.25) is 0 Å². The Hall–Kier alpha value is -2.80. The quantitative estimate of drug-likeness (QED) is 0.804. The summed E-state index contributed by atoms with van der Waals surface area (Å²) in [6.07, 6.45) is 1.95. The first-order valence-electron chi connectivity index (χ1n) is 9.72. The number of urea groups is 1. The van der Waals surface area contributed by atoms with Crippen molar-refractivity contribution in [3.8, 4) is 0 Å². The molecule has 0 spiro atoms. The Bertz CT molecular complexity index is 929. The average Bonchev–Trinajstić information content (AvgIpc) is 3.32. The Labute approximate surface area is 174 Å². The summed E-state index contributed by atoms with van der Waals surface area (Å²) in [7, 11) is 0. The predicted molar refractivity (Wildman–Crippen MR) is 114 cm³/mol. The topological polar surface area (TPSA) is 69.7 Å². The normalized spacial score (nSPS) is 19.1. The summed E-state index contributed by atoms with van der Waals surface area (Å²) < 4.78 is 0. The van der Waals surface area contributed by atoms with Gasteiger partial charge in [-0.15, -0.1) is 0 Å². The van der Waals surface area contributed by atoms with Crippen LogP contribution >= 0.6 is 11.8 Å². The number of amides is 4. The van der Waals surface area contributed by atoms with Gasteiger partial charge in [0.2, 0.25) is 5.91 Å². The third-order valence-corrected chi connectivity index (χ3v) is 6.31. The van der Waals surface area contributed by atoms with Crippen molar-refractivity contribution in [2.75, 3.05) is 17.6 Å². The molecule has 2 fully saturated rings. The van der Waals surface area contributed by atoms with Gasteiger partial charge >= 0.3 is 6.03 Å². The van der Waals surface area contributed by atoms with E-state index >= 15 is 0 Å². The second-order valence-electron chi connectivity index (χ2n) is 7.37. The maximum Gasteiger partial charge on any atom is 0.322 e. The molecule has 0 bridgehead atoms. The van der Waals surface area contributed by atoms with Crippen LogP contribution in [0.4, 0.5) is 15.3 Å². The first kappa shape index (κ1) is 19.5. The van der Waals surface area contributed by atoms with Crippen molar-refractivity contribution in [3.63, 3.8) is 0 Å². The van der Waals surface area contributed by atoms with Gasteiger partial charge in [0.25, 0.3) is 5.24 Å². The molecule has 2 aliphatic rings. The number of likely N-dealkylation sites (tertiary alicyclic amines) is 1. The van der Waals surface area contributed by atoms with Crippen LogP contribution in [0.1, 0.15) is 35.6 Å². The first-order chi connectivity index (χ1) is 14.0. The van der Waals surface area contributed by atoms with E-state index in [9.17, 15) is 14.4 Å². The molecule has 2 saturated heterocycles. The number of nitrogens with one attached hydrogen (secondary N) is 1. The fourth-order valence-corrected chi connectivity index (χ4v) is 4.62. The first-order valence-corrected chi connectivity index (χ1v) is 10.7. The van der Waals surface area contributed by atoms with Gasteiger partial charge in [-0.2, -0.15) is 0 Å². The molecule has 7 heteroatoms. The number of imide groups is 1. The van der Waals surface area contributed by atoms with Crippen molar-refractivity contribution in [3.05, 3.63) is 65.2 Å². The van der Waals surface area contributed by atoms with Crippen LogP contribution in [-0.2, 0) is 11.3 Å². The smallest absolute Gasteiger partial charge is 0.317 e. The Morgan fingerprint density at radius 3 is 2.59 bits per heavy atom. The molecule has 29 heavy (non-hydrogen) atoms. The summed E-state index contributed by atoms with van der Waals surface area (Å²) in [5.74, 6) is 0.0545. The molecule has 1 N–H and O–H groups in total. The van der Waals surface area contributed by atoms with E-state index in [1.807, 2.05) is 41.3 Å². The average molecular weight is 410 g/mol. The highest BCUT2D eigenvalue weighted by Gasteiger charge is 2.31. The molecule has 4 amide bonds. The molecular weight excluding hydrogens is 386 g/mol. The maximum absolute atomic E-state index is 12.9. The Morgan fingerprint density at radius 2 is 1.90 bits per heavy atom. The van der Waals surface area contributed by atoms with Gasteiger partial charge in [-0.05, 0) is 48.6 Å². The molecule has 2 heterocycles. The fraction of sp³-hybridized carbons (Fsp3) is 0.318. The highest BCUT2D eigenvalue weighted by atomic mass is 32.2. The molecule has 1 unspecified atom stereocenters. The van der Waals surface area contributed by atoms with Gasteiger partial charge in [0.15, 0.2) is 0 Å². The van der Waals surface area contributed by atoms with Crippen molar-refractivity contribution in [2.45, 2.75) is 32.4 Å². The number of hydrogen-bond acceptors (Lipinski definition) is 4. The van der Waals surface area contributed by atoms with Crippen molar-refractivity contribution in [1.82, 2.24) is 9.80 Å². The van der Waals surface area contributed by atoms with Gasteiger partial charge in [0.05, 0.1) is 18.3 Å². The monoisotopic (exact) mass is 409 g/mol. The second-order valence-corrected chi connectivity index (χ2v) is 8.30. The second kappa shape index (κ2) is 8.29. The van der Waals surface area contributed by atoms with Crippen LogP contribution in [-0.4, -0.2) is 39.3 Å². The number of hydrogen-bond donors (Lipinski definition) is 1. The largest absolute Gasteiger partial charge is 0.322 e. The molecule has 2 aromatic carbocycles. The lowest BCUT2D eigenvalue weighted by molar-refractivity contribution is -0.125. The van der Waals surface area contributed by atoms with Crippen molar-refractivity contribution in [1.29, 1.82) is 0 Å². The van der Waals surface area contributed by atoms with E-state index in [0.29, 0.717) is 5.69 Å². The number of nitrogens with zero attached hydrogens (tertiary/aromatic N) is 2. The zero-order chi connectivity index (χ0) is 20.4. The van der Waals surface area contributed by atoms with Crippen LogP contribution in [0.5, 0.6) is 0 Å². The summed E-state index contributed by atoms with van der Waals surface area (Å²) >= 11 is 1.03. The number of rotatable bonds is 4. The molecule has 6 nitrogen and oxygen atoms in total. The highest BCUT2D eigenvalue weighted by Crippen LogP contribution is 2.34. The van der Waals surface area contributed by atoms with Crippen molar-refractivity contribution in [2.24, 2.45) is 0 Å². The Balaban J connectivity index is 1.41. The van der Waals surface area contributed by atoms with E-state index in [1.165, 1.54) is 16.0 Å². The number of carbonyl (C=O) groups excluding carboxylic acids is 3. The minimum Gasteiger partial charge on any atom is -0.317 e. The molecule has 150 valence electrons. The molecule has 4 rings (SSSR count). The van der Waals surface area contributed by atoms with Gasteiger partial charge in [-0.1, -0.05) is 48.2 Å². The van der Waals surface area contributed by atoms with Crippen LogP contribution in [0.3, 0.4) is 0 Å². The van der Waals surface area contributed by atoms with Gasteiger partial charge in [-0.25, -0.2) is 4.79 Å². The van der Waals surface area contributed by atoms with E-state index in [1.54, 1.807) is 0 Å². The number of carbonyl (C=O) groups is 3. The summed E-state index contributed by atoms with van der Waals surface area (Å²) in [5, 5.41) is 2.77. The Morgan fingerprint density at radius 1 is 1.14 bits per heavy atom.